The first-order valence-electron chi connectivity index (χ1n) is 4.96. The topological polar surface area (TPSA) is 26.3 Å². The van der Waals surface area contributed by atoms with Crippen LogP contribution in [0.1, 0.15) is 46.0 Å². The molecule has 0 radical (unpaired) electrons. The van der Waals surface area contributed by atoms with Crippen LogP contribution in [0.3, 0.4) is 0 Å². The van der Waals surface area contributed by atoms with E-state index in [0.717, 1.165) is 6.42 Å². The summed E-state index contributed by atoms with van der Waals surface area (Å²) in [5.41, 5.74) is 0. The first-order chi connectivity index (χ1) is 6.16. The molecule has 0 amide bonds. The monoisotopic (exact) mass is 298 g/mol. The third-order valence-corrected chi connectivity index (χ3v) is 2.15. The van der Waals surface area contributed by atoms with Crippen molar-refractivity contribution < 1.29 is 9.53 Å². The Morgan fingerprint density at radius 2 is 2.08 bits per heavy atom. The van der Waals surface area contributed by atoms with Gasteiger partial charge in [0.1, 0.15) is 0 Å². The summed E-state index contributed by atoms with van der Waals surface area (Å²) >= 11 is 2.23. The Morgan fingerprint density at radius 3 is 2.62 bits per heavy atom. The Morgan fingerprint density at radius 1 is 1.38 bits per heavy atom. The number of hydrogen-bond donors (Lipinski definition) is 0. The Bertz CT molecular complexity index is 135. The van der Waals surface area contributed by atoms with Gasteiger partial charge in [0.15, 0.2) is 0 Å². The number of rotatable bonds is 7. The van der Waals surface area contributed by atoms with Crippen LogP contribution in [-0.2, 0) is 9.53 Å². The molecule has 1 unspecified atom stereocenters. The number of unbranched alkanes of at least 4 members (excludes halogenated alkanes) is 3. The number of carbonyl (C=O) groups excluding carboxylic acids is 1. The van der Waals surface area contributed by atoms with E-state index >= 15 is 0 Å². The molecule has 0 spiro atoms. The molecule has 0 N–H and O–H groups in total. The molecular formula is C10H19IO2. The summed E-state index contributed by atoms with van der Waals surface area (Å²) in [5, 5.41) is 0. The van der Waals surface area contributed by atoms with Crippen LogP contribution in [0.4, 0.5) is 0 Å². The SMILES string of the molecule is CCCCCCOC(=O)CC(C)I. The zero-order valence-corrected chi connectivity index (χ0v) is 10.7. The Balaban J connectivity index is 3.17. The van der Waals surface area contributed by atoms with E-state index in [0.29, 0.717) is 17.0 Å². The molecule has 0 bridgehead atoms. The fourth-order valence-electron chi connectivity index (χ4n) is 1.00. The van der Waals surface area contributed by atoms with Gasteiger partial charge in [-0.05, 0) is 6.42 Å². The molecular weight excluding hydrogens is 279 g/mol. The van der Waals surface area contributed by atoms with Crippen LogP contribution < -0.4 is 0 Å². The Labute approximate surface area is 94.6 Å². The van der Waals surface area contributed by atoms with Crippen LogP contribution >= 0.6 is 22.6 Å². The maximum atomic E-state index is 11.1. The van der Waals surface area contributed by atoms with Crippen molar-refractivity contribution in [3.8, 4) is 0 Å². The van der Waals surface area contributed by atoms with Gasteiger partial charge in [0.2, 0.25) is 0 Å². The highest BCUT2D eigenvalue weighted by atomic mass is 127. The van der Waals surface area contributed by atoms with Crippen molar-refractivity contribution in [1.82, 2.24) is 0 Å². The molecule has 0 rings (SSSR count). The maximum Gasteiger partial charge on any atom is 0.306 e. The molecule has 2 nitrogen and oxygen atoms in total. The highest BCUT2D eigenvalue weighted by Gasteiger charge is 2.05. The maximum absolute atomic E-state index is 11.1. The van der Waals surface area contributed by atoms with E-state index in [2.05, 4.69) is 29.5 Å². The minimum absolute atomic E-state index is 0.0570. The van der Waals surface area contributed by atoms with Crippen molar-refractivity contribution >= 4 is 28.6 Å². The van der Waals surface area contributed by atoms with Crippen molar-refractivity contribution in [1.29, 1.82) is 0 Å². The van der Waals surface area contributed by atoms with Crippen LogP contribution in [0.25, 0.3) is 0 Å². The van der Waals surface area contributed by atoms with Crippen LogP contribution in [0.5, 0.6) is 0 Å². The van der Waals surface area contributed by atoms with Crippen molar-refractivity contribution in [2.75, 3.05) is 6.61 Å². The lowest BCUT2D eigenvalue weighted by atomic mass is 10.2. The highest BCUT2D eigenvalue weighted by molar-refractivity contribution is 14.1. The molecule has 13 heavy (non-hydrogen) atoms. The Kier molecular flexibility index (Phi) is 8.92. The van der Waals surface area contributed by atoms with Gasteiger partial charge in [0, 0.05) is 3.92 Å². The average molecular weight is 298 g/mol. The lowest BCUT2D eigenvalue weighted by molar-refractivity contribution is -0.143. The minimum Gasteiger partial charge on any atom is -0.466 e. The van der Waals surface area contributed by atoms with Gasteiger partial charge in [-0.3, -0.25) is 4.79 Å². The van der Waals surface area contributed by atoms with E-state index in [1.165, 1.54) is 19.3 Å². The average Bonchev–Trinajstić information content (AvgIpc) is 2.02. The molecule has 0 aliphatic carbocycles. The zero-order valence-electron chi connectivity index (χ0n) is 8.51. The Hall–Kier alpha value is 0.200. The van der Waals surface area contributed by atoms with Gasteiger partial charge in [-0.15, -0.1) is 0 Å². The summed E-state index contributed by atoms with van der Waals surface area (Å²) < 4.78 is 5.43. The number of alkyl halides is 1. The van der Waals surface area contributed by atoms with Gasteiger partial charge in [-0.25, -0.2) is 0 Å². The largest absolute Gasteiger partial charge is 0.466 e. The predicted molar refractivity (Wildman–Crippen MR) is 63.2 cm³/mol. The van der Waals surface area contributed by atoms with Crippen LogP contribution in [0, 0.1) is 0 Å². The van der Waals surface area contributed by atoms with E-state index in [1.807, 2.05) is 6.92 Å². The highest BCUT2D eigenvalue weighted by Crippen LogP contribution is 2.06. The van der Waals surface area contributed by atoms with Gasteiger partial charge in [-0.2, -0.15) is 0 Å². The van der Waals surface area contributed by atoms with Gasteiger partial charge in [0.05, 0.1) is 13.0 Å². The minimum atomic E-state index is -0.0570. The first kappa shape index (κ1) is 13.2. The number of carbonyl (C=O) groups is 1. The fraction of sp³-hybridized carbons (Fsp3) is 0.900. The van der Waals surface area contributed by atoms with Gasteiger partial charge >= 0.3 is 5.97 Å². The molecule has 1 atom stereocenters. The van der Waals surface area contributed by atoms with E-state index < -0.39 is 0 Å². The van der Waals surface area contributed by atoms with Crippen molar-refractivity contribution in [2.45, 2.75) is 49.9 Å². The zero-order chi connectivity index (χ0) is 10.1. The lowest BCUT2D eigenvalue weighted by Gasteiger charge is -2.05. The smallest absolute Gasteiger partial charge is 0.306 e. The molecule has 0 aromatic rings. The number of esters is 1. The van der Waals surface area contributed by atoms with E-state index in [4.69, 9.17) is 4.74 Å². The second-order valence-corrected chi connectivity index (χ2v) is 5.39. The summed E-state index contributed by atoms with van der Waals surface area (Å²) in [7, 11) is 0. The molecule has 0 fully saturated rings. The summed E-state index contributed by atoms with van der Waals surface area (Å²) in [5.74, 6) is -0.0570. The summed E-state index contributed by atoms with van der Waals surface area (Å²) in [4.78, 5) is 11.1. The molecule has 0 saturated carbocycles. The summed E-state index contributed by atoms with van der Waals surface area (Å²) in [6.07, 6.45) is 5.17. The van der Waals surface area contributed by atoms with E-state index in [1.54, 1.807) is 0 Å². The first-order valence-corrected chi connectivity index (χ1v) is 6.21. The summed E-state index contributed by atoms with van der Waals surface area (Å²) in [6, 6.07) is 0. The van der Waals surface area contributed by atoms with Gasteiger partial charge in [0.25, 0.3) is 0 Å². The fourth-order valence-corrected chi connectivity index (χ4v) is 1.36. The predicted octanol–water partition coefficient (Wildman–Crippen LogP) is 3.32. The number of hydrogen-bond acceptors (Lipinski definition) is 2. The summed E-state index contributed by atoms with van der Waals surface area (Å²) in [6.45, 7) is 4.78. The third-order valence-electron chi connectivity index (χ3n) is 1.71. The van der Waals surface area contributed by atoms with E-state index in [-0.39, 0.29) is 5.97 Å². The number of ether oxygens (including phenoxy) is 1. The van der Waals surface area contributed by atoms with Crippen LogP contribution in [-0.4, -0.2) is 16.5 Å². The normalized spacial score (nSPS) is 12.5. The standard InChI is InChI=1S/C10H19IO2/c1-3-4-5-6-7-13-10(12)8-9(2)11/h9H,3-8H2,1-2H3. The second-order valence-electron chi connectivity index (χ2n) is 3.27. The molecule has 3 heteroatoms. The second kappa shape index (κ2) is 8.78. The molecule has 0 saturated heterocycles. The molecule has 0 aliphatic heterocycles. The third kappa shape index (κ3) is 10.1. The number of halogens is 1. The molecule has 78 valence electrons. The molecule has 0 aliphatic rings. The van der Waals surface area contributed by atoms with Gasteiger partial charge < -0.3 is 4.74 Å². The van der Waals surface area contributed by atoms with Crippen LogP contribution in [0.2, 0.25) is 0 Å². The van der Waals surface area contributed by atoms with Crippen LogP contribution in [0.15, 0.2) is 0 Å². The van der Waals surface area contributed by atoms with Crippen molar-refractivity contribution in [2.24, 2.45) is 0 Å². The van der Waals surface area contributed by atoms with Crippen molar-refractivity contribution in [3.63, 3.8) is 0 Å². The molecule has 0 aromatic carbocycles. The molecule has 0 aromatic heterocycles. The lowest BCUT2D eigenvalue weighted by Crippen LogP contribution is -2.09. The quantitative estimate of drug-likeness (QED) is 0.312. The molecule has 0 heterocycles. The van der Waals surface area contributed by atoms with Crippen molar-refractivity contribution in [3.05, 3.63) is 0 Å². The van der Waals surface area contributed by atoms with Gasteiger partial charge in [-0.1, -0.05) is 55.7 Å². The van der Waals surface area contributed by atoms with E-state index in [9.17, 15) is 4.79 Å².